The lowest BCUT2D eigenvalue weighted by Crippen LogP contribution is -2.42. The third-order valence-corrected chi connectivity index (χ3v) is 3.75. The van der Waals surface area contributed by atoms with Gasteiger partial charge in [-0.15, -0.1) is 0 Å². The number of rotatable bonds is 5. The van der Waals surface area contributed by atoms with Crippen molar-refractivity contribution in [2.24, 2.45) is 0 Å². The Bertz CT molecular complexity index is 556. The highest BCUT2D eigenvalue weighted by Gasteiger charge is 2.21. The van der Waals surface area contributed by atoms with Crippen LogP contribution in [0.4, 0.5) is 0 Å². The van der Waals surface area contributed by atoms with E-state index in [-0.39, 0.29) is 6.10 Å². The molecule has 3 rings (SSSR count). The van der Waals surface area contributed by atoms with Gasteiger partial charge in [0.15, 0.2) is 5.82 Å². The molecule has 1 atom stereocenters. The summed E-state index contributed by atoms with van der Waals surface area (Å²) in [7, 11) is 0. The summed E-state index contributed by atoms with van der Waals surface area (Å²) in [5.74, 6) is 1.38. The third kappa shape index (κ3) is 4.12. The van der Waals surface area contributed by atoms with Crippen molar-refractivity contribution in [1.82, 2.24) is 15.0 Å². The van der Waals surface area contributed by atoms with Crippen molar-refractivity contribution >= 4 is 0 Å². The standard InChI is InChI=1S/C16H21N3O2/c1-13-17-16(21-18-13)12-19-9-10-20-15(11-19)8-7-14-5-3-2-4-6-14/h2-6,15H,7-12H2,1H3/t15-/m1/s1. The van der Waals surface area contributed by atoms with Crippen LogP contribution < -0.4 is 0 Å². The summed E-state index contributed by atoms with van der Waals surface area (Å²) in [5, 5.41) is 3.83. The van der Waals surface area contributed by atoms with Crippen LogP contribution in [0.25, 0.3) is 0 Å². The number of benzene rings is 1. The minimum Gasteiger partial charge on any atom is -0.376 e. The first-order chi connectivity index (χ1) is 10.3. The second kappa shape index (κ2) is 6.83. The second-order valence-corrected chi connectivity index (χ2v) is 5.49. The van der Waals surface area contributed by atoms with Crippen molar-refractivity contribution in [1.29, 1.82) is 0 Å². The smallest absolute Gasteiger partial charge is 0.240 e. The van der Waals surface area contributed by atoms with Crippen molar-refractivity contribution in [3.63, 3.8) is 0 Å². The van der Waals surface area contributed by atoms with E-state index in [4.69, 9.17) is 9.26 Å². The Morgan fingerprint density at radius 3 is 2.90 bits per heavy atom. The van der Waals surface area contributed by atoms with Gasteiger partial charge in [0.25, 0.3) is 0 Å². The van der Waals surface area contributed by atoms with Crippen molar-refractivity contribution < 1.29 is 9.26 Å². The van der Waals surface area contributed by atoms with Gasteiger partial charge in [0, 0.05) is 13.1 Å². The first kappa shape index (κ1) is 14.2. The average Bonchev–Trinajstić information content (AvgIpc) is 2.92. The highest BCUT2D eigenvalue weighted by atomic mass is 16.5. The molecule has 2 heterocycles. The van der Waals surface area contributed by atoms with Crippen molar-refractivity contribution in [3.05, 3.63) is 47.6 Å². The number of hydrogen-bond donors (Lipinski definition) is 0. The van der Waals surface area contributed by atoms with Gasteiger partial charge in [-0.25, -0.2) is 0 Å². The number of ether oxygens (including phenoxy) is 1. The highest BCUT2D eigenvalue weighted by Crippen LogP contribution is 2.14. The van der Waals surface area contributed by atoms with E-state index in [1.54, 1.807) is 0 Å². The highest BCUT2D eigenvalue weighted by molar-refractivity contribution is 5.14. The van der Waals surface area contributed by atoms with Gasteiger partial charge >= 0.3 is 0 Å². The molecule has 1 aromatic heterocycles. The fraction of sp³-hybridized carbons (Fsp3) is 0.500. The molecule has 0 aliphatic carbocycles. The molecule has 0 unspecified atom stereocenters. The minimum absolute atomic E-state index is 0.281. The van der Waals surface area contributed by atoms with Crippen LogP contribution in [0, 0.1) is 6.92 Å². The summed E-state index contributed by atoms with van der Waals surface area (Å²) in [6.45, 7) is 5.17. The molecule has 0 spiro atoms. The molecule has 112 valence electrons. The summed E-state index contributed by atoms with van der Waals surface area (Å²) in [6.07, 6.45) is 2.38. The number of aromatic nitrogens is 2. The van der Waals surface area contributed by atoms with Gasteiger partial charge in [-0.3, -0.25) is 4.90 Å². The quantitative estimate of drug-likeness (QED) is 0.844. The molecule has 0 amide bonds. The van der Waals surface area contributed by atoms with E-state index < -0.39 is 0 Å². The zero-order valence-electron chi connectivity index (χ0n) is 12.4. The number of hydrogen-bond acceptors (Lipinski definition) is 5. The lowest BCUT2D eigenvalue weighted by Gasteiger charge is -2.32. The third-order valence-electron chi connectivity index (χ3n) is 3.75. The average molecular weight is 287 g/mol. The van der Waals surface area contributed by atoms with Crippen LogP contribution in [0.3, 0.4) is 0 Å². The van der Waals surface area contributed by atoms with Crippen LogP contribution in [0.15, 0.2) is 34.9 Å². The maximum Gasteiger partial charge on any atom is 0.240 e. The molecule has 5 nitrogen and oxygen atoms in total. The van der Waals surface area contributed by atoms with E-state index in [0.717, 1.165) is 32.5 Å². The van der Waals surface area contributed by atoms with Crippen LogP contribution in [0.2, 0.25) is 0 Å². The van der Waals surface area contributed by atoms with Gasteiger partial charge in [0.05, 0.1) is 19.3 Å². The Hall–Kier alpha value is -1.72. The zero-order valence-corrected chi connectivity index (χ0v) is 12.4. The first-order valence-corrected chi connectivity index (χ1v) is 7.46. The maximum atomic E-state index is 5.86. The van der Waals surface area contributed by atoms with E-state index in [9.17, 15) is 0 Å². The summed E-state index contributed by atoms with van der Waals surface area (Å²) < 4.78 is 11.1. The van der Waals surface area contributed by atoms with Crippen LogP contribution in [-0.2, 0) is 17.7 Å². The zero-order chi connectivity index (χ0) is 14.5. The molecule has 1 saturated heterocycles. The summed E-state index contributed by atoms with van der Waals surface area (Å²) >= 11 is 0. The fourth-order valence-corrected chi connectivity index (χ4v) is 2.67. The molecule has 1 aromatic carbocycles. The molecule has 0 radical (unpaired) electrons. The normalized spacial score (nSPS) is 19.8. The topological polar surface area (TPSA) is 51.4 Å². The predicted octanol–water partition coefficient (Wildman–Crippen LogP) is 2.21. The largest absolute Gasteiger partial charge is 0.376 e. The number of morpholine rings is 1. The fourth-order valence-electron chi connectivity index (χ4n) is 2.67. The Kier molecular flexibility index (Phi) is 4.62. The molecular weight excluding hydrogens is 266 g/mol. The summed E-state index contributed by atoms with van der Waals surface area (Å²) in [6, 6.07) is 10.6. The molecular formula is C16H21N3O2. The van der Waals surface area contributed by atoms with E-state index in [0.29, 0.717) is 18.3 Å². The number of aryl methyl sites for hydroxylation is 2. The van der Waals surface area contributed by atoms with Crippen molar-refractivity contribution in [3.8, 4) is 0 Å². The van der Waals surface area contributed by atoms with Crippen LogP contribution in [-0.4, -0.2) is 40.8 Å². The molecule has 2 aromatic rings. The second-order valence-electron chi connectivity index (χ2n) is 5.49. The van der Waals surface area contributed by atoms with Gasteiger partial charge < -0.3 is 9.26 Å². The Balaban J connectivity index is 1.49. The number of nitrogens with zero attached hydrogens (tertiary/aromatic N) is 3. The van der Waals surface area contributed by atoms with E-state index in [1.165, 1.54) is 5.56 Å². The molecule has 5 heteroatoms. The lowest BCUT2D eigenvalue weighted by molar-refractivity contribution is -0.0371. The van der Waals surface area contributed by atoms with Gasteiger partial charge in [0.2, 0.25) is 5.89 Å². The van der Waals surface area contributed by atoms with E-state index in [2.05, 4.69) is 45.4 Å². The SMILES string of the molecule is Cc1noc(CN2CCO[C@H](CCc3ccccc3)C2)n1. The summed E-state index contributed by atoms with van der Waals surface area (Å²) in [5.41, 5.74) is 1.37. The van der Waals surface area contributed by atoms with Gasteiger partial charge in [0.1, 0.15) is 0 Å². The predicted molar refractivity (Wildman–Crippen MR) is 78.8 cm³/mol. The van der Waals surface area contributed by atoms with Crippen LogP contribution in [0.1, 0.15) is 23.7 Å². The molecule has 0 N–H and O–H groups in total. The van der Waals surface area contributed by atoms with Crippen molar-refractivity contribution in [2.75, 3.05) is 19.7 Å². The molecule has 0 saturated carbocycles. The molecule has 0 bridgehead atoms. The van der Waals surface area contributed by atoms with Crippen molar-refractivity contribution in [2.45, 2.75) is 32.4 Å². The molecule has 1 aliphatic heterocycles. The van der Waals surface area contributed by atoms with Crippen LogP contribution >= 0.6 is 0 Å². The van der Waals surface area contributed by atoms with Gasteiger partial charge in [-0.2, -0.15) is 4.98 Å². The monoisotopic (exact) mass is 287 g/mol. The maximum absolute atomic E-state index is 5.86. The molecule has 1 fully saturated rings. The Labute approximate surface area is 124 Å². The minimum atomic E-state index is 0.281. The molecule has 1 aliphatic rings. The van der Waals surface area contributed by atoms with E-state index >= 15 is 0 Å². The van der Waals surface area contributed by atoms with E-state index in [1.807, 2.05) is 6.92 Å². The van der Waals surface area contributed by atoms with Crippen LogP contribution in [0.5, 0.6) is 0 Å². The Morgan fingerprint density at radius 1 is 1.29 bits per heavy atom. The first-order valence-electron chi connectivity index (χ1n) is 7.46. The molecule has 21 heavy (non-hydrogen) atoms. The van der Waals surface area contributed by atoms with Gasteiger partial charge in [-0.05, 0) is 25.3 Å². The Morgan fingerprint density at radius 2 is 2.14 bits per heavy atom. The lowest BCUT2D eigenvalue weighted by atomic mass is 10.1. The van der Waals surface area contributed by atoms with Gasteiger partial charge in [-0.1, -0.05) is 35.5 Å². The summed E-state index contributed by atoms with van der Waals surface area (Å²) in [4.78, 5) is 6.59.